The first-order valence-corrected chi connectivity index (χ1v) is 5.35. The molecule has 1 unspecified atom stereocenters. The lowest BCUT2D eigenvalue weighted by Gasteiger charge is -2.42. The third-order valence-corrected chi connectivity index (χ3v) is 3.74. The van der Waals surface area contributed by atoms with Crippen LogP contribution in [0.4, 0.5) is 0 Å². The van der Waals surface area contributed by atoms with E-state index in [1.54, 1.807) is 0 Å². The van der Waals surface area contributed by atoms with Gasteiger partial charge in [-0.25, -0.2) is 0 Å². The van der Waals surface area contributed by atoms with Gasteiger partial charge in [-0.15, -0.1) is 12.6 Å². The van der Waals surface area contributed by atoms with E-state index in [4.69, 9.17) is 0 Å². The minimum atomic E-state index is -0.209. The van der Waals surface area contributed by atoms with Gasteiger partial charge in [0, 0.05) is 5.41 Å². The van der Waals surface area contributed by atoms with Gasteiger partial charge in [-0.05, 0) is 25.2 Å². The van der Waals surface area contributed by atoms with E-state index >= 15 is 0 Å². The maximum absolute atomic E-state index is 11.4. The predicted octanol–water partition coefficient (Wildman–Crippen LogP) is 3.22. The predicted molar refractivity (Wildman–Crippen MR) is 58.9 cm³/mol. The molecule has 0 spiro atoms. The maximum atomic E-state index is 11.4. The number of hydrogen-bond acceptors (Lipinski definition) is 1. The summed E-state index contributed by atoms with van der Waals surface area (Å²) in [5.74, 6) is 0.491. The fourth-order valence-electron chi connectivity index (χ4n) is 2.09. The second-order valence-electron chi connectivity index (χ2n) is 4.33. The molecular formula is C11H18OS. The van der Waals surface area contributed by atoms with Crippen LogP contribution in [0.2, 0.25) is 0 Å². The summed E-state index contributed by atoms with van der Waals surface area (Å²) in [5, 5.41) is 0.0480. The van der Waals surface area contributed by atoms with Crippen molar-refractivity contribution in [2.75, 3.05) is 0 Å². The zero-order valence-corrected chi connectivity index (χ0v) is 9.36. The molecule has 1 rings (SSSR count). The molecule has 1 fully saturated rings. The van der Waals surface area contributed by atoms with E-state index in [0.717, 1.165) is 25.7 Å². The van der Waals surface area contributed by atoms with Crippen molar-refractivity contribution in [3.05, 3.63) is 12.2 Å². The van der Waals surface area contributed by atoms with E-state index in [-0.39, 0.29) is 10.5 Å². The summed E-state index contributed by atoms with van der Waals surface area (Å²) < 4.78 is 0. The van der Waals surface area contributed by atoms with Gasteiger partial charge in [0.05, 0.1) is 0 Å². The van der Waals surface area contributed by atoms with Crippen LogP contribution in [0.15, 0.2) is 12.2 Å². The minimum Gasteiger partial charge on any atom is -0.287 e. The summed E-state index contributed by atoms with van der Waals surface area (Å²) in [6, 6.07) is 0. The van der Waals surface area contributed by atoms with Gasteiger partial charge >= 0.3 is 0 Å². The molecule has 2 heteroatoms. The number of thiol groups is 1. The van der Waals surface area contributed by atoms with Gasteiger partial charge in [0.25, 0.3) is 0 Å². The Morgan fingerprint density at radius 2 is 2.23 bits per heavy atom. The van der Waals surface area contributed by atoms with Crippen LogP contribution in [-0.4, -0.2) is 5.12 Å². The second-order valence-corrected chi connectivity index (χ2v) is 4.73. The maximum Gasteiger partial charge on any atom is 0.192 e. The molecule has 0 aromatic heterocycles. The highest BCUT2D eigenvalue weighted by molar-refractivity contribution is 7.96. The molecule has 1 saturated carbocycles. The molecule has 1 aliphatic rings. The molecule has 13 heavy (non-hydrogen) atoms. The Balaban J connectivity index is 2.67. The average Bonchev–Trinajstić information content (AvgIpc) is 1.99. The zero-order chi connectivity index (χ0) is 10.1. The molecule has 0 N–H and O–H groups in total. The summed E-state index contributed by atoms with van der Waals surface area (Å²) in [6.07, 6.45) is 4.03. The summed E-state index contributed by atoms with van der Waals surface area (Å²) in [5.41, 5.74) is 1.07. The lowest BCUT2D eigenvalue weighted by atomic mass is 9.63. The van der Waals surface area contributed by atoms with Crippen LogP contribution in [0.5, 0.6) is 0 Å². The molecule has 0 aliphatic heterocycles. The van der Waals surface area contributed by atoms with Crippen molar-refractivity contribution in [1.29, 1.82) is 0 Å². The van der Waals surface area contributed by atoms with Crippen molar-refractivity contribution in [3.8, 4) is 0 Å². The van der Waals surface area contributed by atoms with E-state index in [1.807, 2.05) is 6.92 Å². The number of carbonyl (C=O) groups is 1. The van der Waals surface area contributed by atoms with Crippen LogP contribution in [0.25, 0.3) is 0 Å². The topological polar surface area (TPSA) is 17.1 Å². The van der Waals surface area contributed by atoms with Crippen LogP contribution < -0.4 is 0 Å². The van der Waals surface area contributed by atoms with Gasteiger partial charge in [-0.1, -0.05) is 32.4 Å². The Morgan fingerprint density at radius 1 is 1.69 bits per heavy atom. The standard InChI is InChI=1S/C11H18OS/c1-4-5-11(3,10(12)13)9-6-8(2)7-9/h9H,2,4-7H2,1,3H3,(H,12,13). The van der Waals surface area contributed by atoms with Gasteiger partial charge in [0.15, 0.2) is 5.12 Å². The summed E-state index contributed by atoms with van der Waals surface area (Å²) in [6.45, 7) is 8.07. The first-order chi connectivity index (χ1) is 6.00. The van der Waals surface area contributed by atoms with E-state index in [0.29, 0.717) is 5.92 Å². The SMILES string of the molecule is C=C1CC(C(C)(CCC)C(=O)S)C1. The fourth-order valence-corrected chi connectivity index (χ4v) is 2.39. The van der Waals surface area contributed by atoms with Crippen LogP contribution in [0.1, 0.15) is 39.5 Å². The van der Waals surface area contributed by atoms with Gasteiger partial charge in [0.2, 0.25) is 0 Å². The molecule has 1 nitrogen and oxygen atoms in total. The minimum absolute atomic E-state index is 0.0480. The van der Waals surface area contributed by atoms with Crippen molar-refractivity contribution in [1.82, 2.24) is 0 Å². The summed E-state index contributed by atoms with van der Waals surface area (Å²) in [7, 11) is 0. The van der Waals surface area contributed by atoms with E-state index < -0.39 is 0 Å². The molecule has 1 atom stereocenters. The van der Waals surface area contributed by atoms with Gasteiger partial charge < -0.3 is 0 Å². The quantitative estimate of drug-likeness (QED) is 0.542. The van der Waals surface area contributed by atoms with E-state index in [1.165, 1.54) is 5.57 Å². The van der Waals surface area contributed by atoms with E-state index in [9.17, 15) is 4.79 Å². The second kappa shape index (κ2) is 3.87. The first-order valence-electron chi connectivity index (χ1n) is 4.90. The Kier molecular flexibility index (Phi) is 3.23. The summed E-state index contributed by atoms with van der Waals surface area (Å²) >= 11 is 4.00. The van der Waals surface area contributed by atoms with Gasteiger partial charge in [0.1, 0.15) is 0 Å². The molecule has 1 aliphatic carbocycles. The Labute approximate surface area is 86.0 Å². The Bertz CT molecular complexity index is 226. The van der Waals surface area contributed by atoms with Crippen molar-refractivity contribution in [3.63, 3.8) is 0 Å². The average molecular weight is 198 g/mol. The molecule has 74 valence electrons. The lowest BCUT2D eigenvalue weighted by molar-refractivity contribution is -0.122. The highest BCUT2D eigenvalue weighted by Gasteiger charge is 2.42. The van der Waals surface area contributed by atoms with Gasteiger partial charge in [-0.2, -0.15) is 0 Å². The third-order valence-electron chi connectivity index (χ3n) is 3.23. The third kappa shape index (κ3) is 1.98. The molecule has 0 aromatic carbocycles. The van der Waals surface area contributed by atoms with Crippen molar-refractivity contribution in [2.24, 2.45) is 11.3 Å². The number of hydrogen-bond donors (Lipinski definition) is 1. The van der Waals surface area contributed by atoms with Crippen LogP contribution in [0.3, 0.4) is 0 Å². The smallest absolute Gasteiger partial charge is 0.192 e. The van der Waals surface area contributed by atoms with Crippen LogP contribution in [0, 0.1) is 11.3 Å². The summed E-state index contributed by atoms with van der Waals surface area (Å²) in [4.78, 5) is 11.4. The van der Waals surface area contributed by atoms with Gasteiger partial charge in [-0.3, -0.25) is 4.79 Å². The first kappa shape index (κ1) is 10.8. The largest absolute Gasteiger partial charge is 0.287 e. The number of allylic oxidation sites excluding steroid dienone is 1. The zero-order valence-electron chi connectivity index (χ0n) is 8.47. The number of rotatable bonds is 4. The lowest BCUT2D eigenvalue weighted by Crippen LogP contribution is -2.38. The molecule has 0 bridgehead atoms. The molecule has 0 radical (unpaired) electrons. The monoisotopic (exact) mass is 198 g/mol. The van der Waals surface area contributed by atoms with Crippen molar-refractivity contribution < 1.29 is 4.79 Å². The Morgan fingerprint density at radius 3 is 2.54 bits per heavy atom. The van der Waals surface area contributed by atoms with E-state index in [2.05, 4.69) is 26.1 Å². The van der Waals surface area contributed by atoms with Crippen molar-refractivity contribution >= 4 is 17.7 Å². The normalized spacial score (nSPS) is 22.2. The molecular weight excluding hydrogens is 180 g/mol. The molecule has 0 aromatic rings. The Hall–Kier alpha value is -0.240. The highest BCUT2D eigenvalue weighted by atomic mass is 32.1. The highest BCUT2D eigenvalue weighted by Crippen LogP contribution is 2.48. The molecule has 0 heterocycles. The number of carbonyl (C=O) groups excluding carboxylic acids is 1. The van der Waals surface area contributed by atoms with Crippen molar-refractivity contribution in [2.45, 2.75) is 39.5 Å². The fraction of sp³-hybridized carbons (Fsp3) is 0.727. The van der Waals surface area contributed by atoms with Crippen LogP contribution >= 0.6 is 12.6 Å². The molecule has 0 amide bonds. The van der Waals surface area contributed by atoms with Crippen LogP contribution in [-0.2, 0) is 4.79 Å². The molecule has 0 saturated heterocycles.